The maximum atomic E-state index is 12.7. The number of benzene rings is 2. The van der Waals surface area contributed by atoms with Gasteiger partial charge < -0.3 is 10.2 Å². The first-order valence-electron chi connectivity index (χ1n) is 8.10. The Bertz CT molecular complexity index is 770. The van der Waals surface area contributed by atoms with Crippen LogP contribution in [0.3, 0.4) is 0 Å². The van der Waals surface area contributed by atoms with Gasteiger partial charge in [0.2, 0.25) is 0 Å². The number of rotatable bonds is 8. The third-order valence-electron chi connectivity index (χ3n) is 3.63. The maximum Gasteiger partial charge on any atom is 0.293 e. The minimum absolute atomic E-state index is 0.00408. The number of nitro benzene ring substituents is 1. The van der Waals surface area contributed by atoms with E-state index in [9.17, 15) is 23.7 Å². The van der Waals surface area contributed by atoms with Crippen molar-refractivity contribution in [2.75, 3.05) is 18.4 Å². The lowest BCUT2D eigenvalue weighted by Gasteiger charge is -2.21. The average Bonchev–Trinajstić information content (AvgIpc) is 2.61. The number of nitrogens with one attached hydrogen (secondary N) is 1. The van der Waals surface area contributed by atoms with E-state index in [1.807, 2.05) is 6.07 Å². The number of para-hydroxylation sites is 1. The van der Waals surface area contributed by atoms with E-state index in [1.165, 1.54) is 12.1 Å². The van der Waals surface area contributed by atoms with Crippen molar-refractivity contribution in [3.05, 3.63) is 64.2 Å². The van der Waals surface area contributed by atoms with Crippen LogP contribution in [0.4, 0.5) is 25.8 Å². The third-order valence-corrected chi connectivity index (χ3v) is 3.63. The molecule has 0 saturated carbocycles. The SMILES string of the molecule is CCCN(CC(F)F)C(=O)c1ccc(Nc2ccccc2)c([N+](=O)[O-])c1. The fourth-order valence-corrected chi connectivity index (χ4v) is 2.49. The first-order valence-corrected chi connectivity index (χ1v) is 8.10. The molecule has 0 aliphatic rings. The van der Waals surface area contributed by atoms with Gasteiger partial charge in [-0.05, 0) is 30.7 Å². The Morgan fingerprint density at radius 1 is 1.23 bits per heavy atom. The number of nitrogens with zero attached hydrogens (tertiary/aromatic N) is 2. The molecule has 0 unspecified atom stereocenters. The highest BCUT2D eigenvalue weighted by molar-refractivity contribution is 5.96. The summed E-state index contributed by atoms with van der Waals surface area (Å²) in [4.78, 5) is 24.2. The highest BCUT2D eigenvalue weighted by Crippen LogP contribution is 2.29. The number of anilines is 2. The molecule has 0 aromatic heterocycles. The van der Waals surface area contributed by atoms with Gasteiger partial charge in [-0.3, -0.25) is 14.9 Å². The van der Waals surface area contributed by atoms with E-state index in [1.54, 1.807) is 31.2 Å². The summed E-state index contributed by atoms with van der Waals surface area (Å²) in [5.41, 5.74) is 0.575. The third kappa shape index (κ3) is 4.98. The number of halogens is 2. The highest BCUT2D eigenvalue weighted by Gasteiger charge is 2.23. The zero-order valence-corrected chi connectivity index (χ0v) is 14.2. The average molecular weight is 363 g/mol. The summed E-state index contributed by atoms with van der Waals surface area (Å²) < 4.78 is 25.4. The van der Waals surface area contributed by atoms with Crippen molar-refractivity contribution in [3.8, 4) is 0 Å². The first kappa shape index (κ1) is 19.3. The number of carbonyl (C=O) groups excluding carboxylic acids is 1. The van der Waals surface area contributed by atoms with Crippen LogP contribution in [0, 0.1) is 10.1 Å². The number of hydrogen-bond donors (Lipinski definition) is 1. The normalized spacial score (nSPS) is 10.6. The molecule has 1 amide bonds. The van der Waals surface area contributed by atoms with Gasteiger partial charge in [0.25, 0.3) is 18.0 Å². The van der Waals surface area contributed by atoms with Crippen molar-refractivity contribution in [3.63, 3.8) is 0 Å². The summed E-state index contributed by atoms with van der Waals surface area (Å²) in [5, 5.41) is 14.3. The second-order valence-corrected chi connectivity index (χ2v) is 5.62. The van der Waals surface area contributed by atoms with Crippen molar-refractivity contribution in [2.45, 2.75) is 19.8 Å². The van der Waals surface area contributed by atoms with Gasteiger partial charge in [0.15, 0.2) is 0 Å². The van der Waals surface area contributed by atoms with E-state index in [2.05, 4.69) is 5.32 Å². The van der Waals surface area contributed by atoms with Crippen molar-refractivity contribution in [2.24, 2.45) is 0 Å². The number of amides is 1. The zero-order valence-electron chi connectivity index (χ0n) is 14.2. The molecule has 2 aromatic carbocycles. The molecular formula is C18H19F2N3O3. The van der Waals surface area contributed by atoms with Gasteiger partial charge >= 0.3 is 0 Å². The van der Waals surface area contributed by atoms with Crippen molar-refractivity contribution < 1.29 is 18.5 Å². The quantitative estimate of drug-likeness (QED) is 0.555. The van der Waals surface area contributed by atoms with E-state index in [0.29, 0.717) is 12.1 Å². The number of nitro groups is 1. The lowest BCUT2D eigenvalue weighted by molar-refractivity contribution is -0.383. The van der Waals surface area contributed by atoms with E-state index in [0.717, 1.165) is 11.0 Å². The molecule has 2 aromatic rings. The predicted molar refractivity (Wildman–Crippen MR) is 95.0 cm³/mol. The molecule has 1 N–H and O–H groups in total. The minimum atomic E-state index is -2.67. The topological polar surface area (TPSA) is 75.5 Å². The summed E-state index contributed by atoms with van der Waals surface area (Å²) in [7, 11) is 0. The molecule has 6 nitrogen and oxygen atoms in total. The molecule has 2 rings (SSSR count). The van der Waals surface area contributed by atoms with Gasteiger partial charge in [-0.1, -0.05) is 25.1 Å². The molecule has 8 heteroatoms. The van der Waals surface area contributed by atoms with Crippen LogP contribution in [-0.2, 0) is 0 Å². The Balaban J connectivity index is 2.31. The van der Waals surface area contributed by atoms with Gasteiger partial charge in [-0.15, -0.1) is 0 Å². The molecule has 0 atom stereocenters. The first-order chi connectivity index (χ1) is 12.4. The fourth-order valence-electron chi connectivity index (χ4n) is 2.49. The molecule has 0 spiro atoms. The second kappa shape index (κ2) is 8.89. The van der Waals surface area contributed by atoms with Crippen LogP contribution >= 0.6 is 0 Å². The summed E-state index contributed by atoms with van der Waals surface area (Å²) in [6, 6.07) is 12.8. The maximum absolute atomic E-state index is 12.7. The minimum Gasteiger partial charge on any atom is -0.350 e. The summed E-state index contributed by atoms with van der Waals surface area (Å²) in [6.45, 7) is 1.21. The molecule has 0 aliphatic heterocycles. The Hall–Kier alpha value is -3.03. The van der Waals surface area contributed by atoms with E-state index in [4.69, 9.17) is 0 Å². The van der Waals surface area contributed by atoms with Gasteiger partial charge in [-0.2, -0.15) is 0 Å². The number of carbonyl (C=O) groups is 1. The van der Waals surface area contributed by atoms with E-state index >= 15 is 0 Å². The van der Waals surface area contributed by atoms with E-state index < -0.39 is 23.8 Å². The van der Waals surface area contributed by atoms with Gasteiger partial charge in [-0.25, -0.2) is 8.78 Å². The molecule has 0 aliphatic carbocycles. The van der Waals surface area contributed by atoms with Gasteiger partial charge in [0.05, 0.1) is 11.5 Å². The zero-order chi connectivity index (χ0) is 19.1. The predicted octanol–water partition coefficient (Wildman–Crippen LogP) is 4.46. The van der Waals surface area contributed by atoms with Crippen LogP contribution in [0.15, 0.2) is 48.5 Å². The summed E-state index contributed by atoms with van der Waals surface area (Å²) in [6.07, 6.45) is -2.16. The van der Waals surface area contributed by atoms with Crippen molar-refractivity contribution in [1.29, 1.82) is 0 Å². The summed E-state index contributed by atoms with van der Waals surface area (Å²) in [5.74, 6) is -0.651. The molecule has 0 saturated heterocycles. The standard InChI is InChI=1S/C18H19F2N3O3/c1-2-10-22(12-17(19)20)18(24)13-8-9-15(16(11-13)23(25)26)21-14-6-4-3-5-7-14/h3-9,11,17,21H,2,10,12H2,1H3. The fraction of sp³-hybridized carbons (Fsp3) is 0.278. The summed E-state index contributed by atoms with van der Waals surface area (Å²) >= 11 is 0. The van der Waals surface area contributed by atoms with Crippen LogP contribution < -0.4 is 5.32 Å². The van der Waals surface area contributed by atoms with Crippen LogP contribution in [0.2, 0.25) is 0 Å². The lowest BCUT2D eigenvalue weighted by atomic mass is 10.1. The Morgan fingerprint density at radius 3 is 2.50 bits per heavy atom. The molecule has 0 heterocycles. The number of alkyl halides is 2. The van der Waals surface area contributed by atoms with Gasteiger partial charge in [0.1, 0.15) is 5.69 Å². The van der Waals surface area contributed by atoms with Crippen LogP contribution in [0.5, 0.6) is 0 Å². The monoisotopic (exact) mass is 363 g/mol. The van der Waals surface area contributed by atoms with Crippen LogP contribution in [-0.4, -0.2) is 35.2 Å². The lowest BCUT2D eigenvalue weighted by Crippen LogP contribution is -2.35. The second-order valence-electron chi connectivity index (χ2n) is 5.62. The van der Waals surface area contributed by atoms with Crippen molar-refractivity contribution >= 4 is 23.0 Å². The van der Waals surface area contributed by atoms with Gasteiger partial charge in [0, 0.05) is 23.9 Å². The molecule has 0 radical (unpaired) electrons. The van der Waals surface area contributed by atoms with Crippen molar-refractivity contribution in [1.82, 2.24) is 4.90 Å². The van der Waals surface area contributed by atoms with Crippen LogP contribution in [0.25, 0.3) is 0 Å². The Labute approximate surface area is 149 Å². The Kier molecular flexibility index (Phi) is 6.60. The number of hydrogen-bond acceptors (Lipinski definition) is 4. The molecular weight excluding hydrogens is 344 g/mol. The molecule has 0 bridgehead atoms. The molecule has 0 fully saturated rings. The van der Waals surface area contributed by atoms with E-state index in [-0.39, 0.29) is 23.5 Å². The molecule has 26 heavy (non-hydrogen) atoms. The highest BCUT2D eigenvalue weighted by atomic mass is 19.3. The molecule has 138 valence electrons. The largest absolute Gasteiger partial charge is 0.350 e. The Morgan fingerprint density at radius 2 is 1.92 bits per heavy atom. The smallest absolute Gasteiger partial charge is 0.293 e. The van der Waals surface area contributed by atoms with Crippen LogP contribution in [0.1, 0.15) is 23.7 Å².